The molecule has 1 aromatic heterocycles. The first-order chi connectivity index (χ1) is 9.62. The van der Waals surface area contributed by atoms with Crippen LogP contribution in [0.1, 0.15) is 13.8 Å². The monoisotopic (exact) mass is 315 g/mol. The molecule has 1 heterocycles. The minimum absolute atomic E-state index is 0.0190. The Hall–Kier alpha value is -1.25. The molecule has 0 unspecified atom stereocenters. The van der Waals surface area contributed by atoms with E-state index in [0.29, 0.717) is 13.2 Å². The van der Waals surface area contributed by atoms with Crippen LogP contribution in [0, 0.1) is 10.1 Å². The zero-order valence-corrected chi connectivity index (χ0v) is 14.5. The van der Waals surface area contributed by atoms with Crippen molar-refractivity contribution in [3.63, 3.8) is 0 Å². The molecule has 8 heteroatoms. The second-order valence-electron chi connectivity index (χ2n) is 6.90. The van der Waals surface area contributed by atoms with Crippen LogP contribution in [0.3, 0.4) is 0 Å². The van der Waals surface area contributed by atoms with Crippen molar-refractivity contribution in [3.8, 4) is 0 Å². The summed E-state index contributed by atoms with van der Waals surface area (Å²) in [7, 11) is -1.07. The topological polar surface area (TPSA) is 79.4 Å². The van der Waals surface area contributed by atoms with E-state index in [0.717, 1.165) is 6.04 Å². The van der Waals surface area contributed by atoms with Crippen LogP contribution >= 0.6 is 0 Å². The highest BCUT2D eigenvalue weighted by atomic mass is 28.3. The lowest BCUT2D eigenvalue weighted by atomic mass is 10.1. The third-order valence-corrected chi connectivity index (χ3v) is 4.72. The molecule has 0 aliphatic heterocycles. The number of hydrogen-bond acceptors (Lipinski definition) is 5. The molecule has 0 saturated heterocycles. The Bertz CT molecular complexity index is 468. The average molecular weight is 315 g/mol. The quantitative estimate of drug-likeness (QED) is 0.230. The predicted molar refractivity (Wildman–Crippen MR) is 83.1 cm³/mol. The Morgan fingerprint density at radius 3 is 2.57 bits per heavy atom. The molecule has 0 aromatic carbocycles. The molecular formula is C13H25N3O4Si. The second-order valence-corrected chi connectivity index (χ2v) is 12.5. The largest absolute Gasteiger partial charge is 0.356 e. The van der Waals surface area contributed by atoms with Crippen LogP contribution in [0.2, 0.25) is 25.7 Å². The third-order valence-electron chi connectivity index (χ3n) is 3.02. The molecule has 21 heavy (non-hydrogen) atoms. The fraction of sp³-hybridized carbons (Fsp3) is 0.769. The molecule has 0 atom stereocenters. The Balaban J connectivity index is 2.34. The fourth-order valence-corrected chi connectivity index (χ4v) is 2.35. The van der Waals surface area contributed by atoms with E-state index in [1.807, 2.05) is 13.8 Å². The van der Waals surface area contributed by atoms with Crippen molar-refractivity contribution in [2.24, 2.45) is 0 Å². The maximum Gasteiger partial charge on any atom is 0.307 e. The first-order valence-electron chi connectivity index (χ1n) is 6.97. The average Bonchev–Trinajstić information content (AvgIpc) is 2.82. The zero-order chi connectivity index (χ0) is 16.1. The van der Waals surface area contributed by atoms with Crippen LogP contribution in [0.5, 0.6) is 0 Å². The van der Waals surface area contributed by atoms with Crippen molar-refractivity contribution in [3.05, 3.63) is 22.5 Å². The summed E-state index contributed by atoms with van der Waals surface area (Å²) >= 11 is 0. The summed E-state index contributed by atoms with van der Waals surface area (Å²) in [6.45, 7) is 12.0. The van der Waals surface area contributed by atoms with Gasteiger partial charge in [0, 0.05) is 14.7 Å². The maximum absolute atomic E-state index is 10.7. The molecular weight excluding hydrogens is 290 g/mol. The lowest BCUT2D eigenvalue weighted by molar-refractivity contribution is -0.385. The molecule has 0 amide bonds. The van der Waals surface area contributed by atoms with Gasteiger partial charge in [0.05, 0.1) is 17.1 Å². The van der Waals surface area contributed by atoms with Crippen LogP contribution in [0.15, 0.2) is 12.4 Å². The maximum atomic E-state index is 10.7. The number of hydrogen-bond donors (Lipinski definition) is 0. The number of rotatable bonds is 9. The highest BCUT2D eigenvalue weighted by molar-refractivity contribution is 6.76. The fourth-order valence-electron chi connectivity index (χ4n) is 1.59. The lowest BCUT2D eigenvalue weighted by Gasteiger charge is -2.24. The van der Waals surface area contributed by atoms with Crippen LogP contribution in [0.4, 0.5) is 5.69 Å². The molecule has 1 rings (SSSR count). The number of nitrogens with zero attached hydrogens (tertiary/aromatic N) is 3. The van der Waals surface area contributed by atoms with E-state index in [4.69, 9.17) is 9.47 Å². The SMILES string of the molecule is CC(C)(COCOCC[Si](C)(C)C)n1cc([N+](=O)[O-])cn1. The van der Waals surface area contributed by atoms with Gasteiger partial charge in [-0.05, 0) is 19.9 Å². The van der Waals surface area contributed by atoms with E-state index in [9.17, 15) is 10.1 Å². The van der Waals surface area contributed by atoms with Gasteiger partial charge in [-0.3, -0.25) is 14.8 Å². The molecule has 0 spiro atoms. The second kappa shape index (κ2) is 7.14. The lowest BCUT2D eigenvalue weighted by Crippen LogP contribution is -2.33. The van der Waals surface area contributed by atoms with Crippen molar-refractivity contribution < 1.29 is 14.4 Å². The molecule has 0 N–H and O–H groups in total. The minimum atomic E-state index is -1.07. The van der Waals surface area contributed by atoms with Crippen LogP contribution < -0.4 is 0 Å². The van der Waals surface area contributed by atoms with Gasteiger partial charge in [-0.15, -0.1) is 0 Å². The molecule has 0 aliphatic carbocycles. The van der Waals surface area contributed by atoms with E-state index in [2.05, 4.69) is 24.7 Å². The molecule has 7 nitrogen and oxygen atoms in total. The van der Waals surface area contributed by atoms with Gasteiger partial charge in [-0.25, -0.2) is 0 Å². The summed E-state index contributed by atoms with van der Waals surface area (Å²) in [5.41, 5.74) is -0.481. The van der Waals surface area contributed by atoms with Crippen molar-refractivity contribution in [1.29, 1.82) is 0 Å². The van der Waals surface area contributed by atoms with Gasteiger partial charge in [0.1, 0.15) is 19.2 Å². The number of aromatic nitrogens is 2. The normalized spacial score (nSPS) is 12.6. The Morgan fingerprint density at radius 1 is 1.38 bits per heavy atom. The number of ether oxygens (including phenoxy) is 2. The van der Waals surface area contributed by atoms with Gasteiger partial charge in [0.25, 0.3) is 0 Å². The molecule has 0 bridgehead atoms. The summed E-state index contributed by atoms with van der Waals surface area (Å²) in [6, 6.07) is 1.10. The van der Waals surface area contributed by atoms with E-state index < -0.39 is 18.5 Å². The summed E-state index contributed by atoms with van der Waals surface area (Å²) < 4.78 is 12.5. The third kappa shape index (κ3) is 6.36. The van der Waals surface area contributed by atoms with E-state index >= 15 is 0 Å². The van der Waals surface area contributed by atoms with E-state index in [-0.39, 0.29) is 12.5 Å². The summed E-state index contributed by atoms with van der Waals surface area (Å²) in [5.74, 6) is 0. The smallest absolute Gasteiger partial charge is 0.307 e. The summed E-state index contributed by atoms with van der Waals surface area (Å²) in [5, 5.41) is 14.7. The molecule has 0 radical (unpaired) electrons. The summed E-state index contributed by atoms with van der Waals surface area (Å²) in [4.78, 5) is 10.2. The standard InChI is InChI=1S/C13H25N3O4Si/c1-13(2,15-9-12(8-14-15)16(17)18)10-20-11-19-6-7-21(3,4)5/h8-9H,6-7,10-11H2,1-5H3. The van der Waals surface area contributed by atoms with Gasteiger partial charge in [0.2, 0.25) is 0 Å². The van der Waals surface area contributed by atoms with Crippen LogP contribution in [-0.4, -0.2) is 42.8 Å². The molecule has 0 saturated carbocycles. The Labute approximate surface area is 126 Å². The van der Waals surface area contributed by atoms with Gasteiger partial charge in [0.15, 0.2) is 0 Å². The molecule has 1 aromatic rings. The van der Waals surface area contributed by atoms with Gasteiger partial charge >= 0.3 is 5.69 Å². The molecule has 120 valence electrons. The highest BCUT2D eigenvalue weighted by Crippen LogP contribution is 2.18. The van der Waals surface area contributed by atoms with Crippen LogP contribution in [-0.2, 0) is 15.0 Å². The number of nitro groups is 1. The Morgan fingerprint density at radius 2 is 2.05 bits per heavy atom. The van der Waals surface area contributed by atoms with Gasteiger partial charge in [-0.1, -0.05) is 19.6 Å². The van der Waals surface area contributed by atoms with Gasteiger partial charge < -0.3 is 9.47 Å². The highest BCUT2D eigenvalue weighted by Gasteiger charge is 2.24. The van der Waals surface area contributed by atoms with Crippen LogP contribution in [0.25, 0.3) is 0 Å². The first-order valence-corrected chi connectivity index (χ1v) is 10.7. The molecule has 0 aliphatic rings. The van der Waals surface area contributed by atoms with Crippen molar-refractivity contribution in [1.82, 2.24) is 9.78 Å². The van der Waals surface area contributed by atoms with E-state index in [1.165, 1.54) is 12.4 Å². The van der Waals surface area contributed by atoms with E-state index in [1.54, 1.807) is 4.68 Å². The van der Waals surface area contributed by atoms with Crippen molar-refractivity contribution >= 4 is 13.8 Å². The van der Waals surface area contributed by atoms with Crippen molar-refractivity contribution in [2.45, 2.75) is 45.1 Å². The van der Waals surface area contributed by atoms with Gasteiger partial charge in [-0.2, -0.15) is 5.10 Å². The summed E-state index contributed by atoms with van der Waals surface area (Å²) in [6.07, 6.45) is 2.65. The zero-order valence-electron chi connectivity index (χ0n) is 13.5. The first kappa shape index (κ1) is 17.8. The Kier molecular flexibility index (Phi) is 6.06. The minimum Gasteiger partial charge on any atom is -0.356 e. The predicted octanol–water partition coefficient (Wildman–Crippen LogP) is 2.86. The molecule has 0 fully saturated rings. The van der Waals surface area contributed by atoms with Crippen molar-refractivity contribution in [2.75, 3.05) is 20.0 Å².